The quantitative estimate of drug-likeness (QED) is 0.274. The molecule has 13 heteroatoms. The van der Waals surface area contributed by atoms with Crippen LogP contribution in [0.2, 0.25) is 5.02 Å². The number of carbonyl (C=O) groups is 1. The van der Waals surface area contributed by atoms with Gasteiger partial charge in [0.2, 0.25) is 0 Å². The molecule has 0 radical (unpaired) electrons. The van der Waals surface area contributed by atoms with E-state index in [9.17, 15) is 10.1 Å². The number of thiophene rings is 1. The number of ether oxygens (including phenoxy) is 2. The summed E-state index contributed by atoms with van der Waals surface area (Å²) in [5, 5.41) is 16.5. The number of carbonyl (C=O) groups excluding carboxylic acids is 1. The van der Waals surface area contributed by atoms with Crippen molar-refractivity contribution in [1.82, 2.24) is 15.3 Å². The molecule has 4 aromatic rings. The molecule has 0 spiro atoms. The predicted molar refractivity (Wildman–Crippen MR) is 156 cm³/mol. The number of hydrogen-bond acceptors (Lipinski definition) is 9. The minimum Gasteiger partial charge on any atom is -0.467 e. The van der Waals surface area contributed by atoms with Gasteiger partial charge in [0.05, 0.1) is 22.4 Å². The fourth-order valence-corrected chi connectivity index (χ4v) is 6.21. The van der Waals surface area contributed by atoms with Crippen LogP contribution in [0.5, 0.6) is 6.01 Å². The zero-order chi connectivity index (χ0) is 29.6. The van der Waals surface area contributed by atoms with E-state index in [-0.39, 0.29) is 54.4 Å². The number of methoxy groups -OCH3 is 1. The Balaban J connectivity index is 1.73. The van der Waals surface area contributed by atoms with E-state index < -0.39 is 23.3 Å². The van der Waals surface area contributed by atoms with Crippen molar-refractivity contribution in [2.45, 2.75) is 39.3 Å². The topological polar surface area (TPSA) is 112 Å². The molecular formula is C28H27ClF2N6O3S. The highest BCUT2D eigenvalue weighted by Gasteiger charge is 2.29. The van der Waals surface area contributed by atoms with Crippen molar-refractivity contribution in [1.29, 1.82) is 5.26 Å². The van der Waals surface area contributed by atoms with Crippen molar-refractivity contribution in [3.05, 3.63) is 40.4 Å². The van der Waals surface area contributed by atoms with Gasteiger partial charge in [0, 0.05) is 42.0 Å². The van der Waals surface area contributed by atoms with Gasteiger partial charge < -0.3 is 19.7 Å². The van der Waals surface area contributed by atoms with Crippen LogP contribution in [0.1, 0.15) is 33.3 Å². The minimum absolute atomic E-state index is 0.0215. The van der Waals surface area contributed by atoms with Crippen molar-refractivity contribution < 1.29 is 23.0 Å². The maximum absolute atomic E-state index is 16.5. The number of rotatable bonds is 4. The normalized spacial score (nSPS) is 15.7. The summed E-state index contributed by atoms with van der Waals surface area (Å²) in [4.78, 5) is 23.3. The number of benzene rings is 2. The molecule has 2 aromatic heterocycles. The number of anilines is 2. The van der Waals surface area contributed by atoms with Crippen LogP contribution in [0.15, 0.2) is 18.2 Å². The highest BCUT2D eigenvalue weighted by molar-refractivity contribution is 7.23. The first-order valence-electron chi connectivity index (χ1n) is 12.8. The molecule has 1 unspecified atom stereocenters. The summed E-state index contributed by atoms with van der Waals surface area (Å²) in [6.07, 6.45) is -0.809. The molecule has 0 aliphatic carbocycles. The molecule has 1 fully saturated rings. The van der Waals surface area contributed by atoms with Crippen molar-refractivity contribution in [3.63, 3.8) is 0 Å². The van der Waals surface area contributed by atoms with Gasteiger partial charge >= 0.3 is 12.1 Å². The maximum atomic E-state index is 16.5. The highest BCUT2D eigenvalue weighted by Crippen LogP contribution is 2.46. The van der Waals surface area contributed by atoms with E-state index in [0.29, 0.717) is 24.3 Å². The molecule has 3 heterocycles. The van der Waals surface area contributed by atoms with Crippen LogP contribution in [0.4, 0.5) is 24.4 Å². The second kappa shape index (κ2) is 10.9. The fourth-order valence-electron chi connectivity index (χ4n) is 4.84. The van der Waals surface area contributed by atoms with Crippen LogP contribution in [-0.2, 0) is 4.74 Å². The van der Waals surface area contributed by atoms with E-state index in [4.69, 9.17) is 21.1 Å². The van der Waals surface area contributed by atoms with Gasteiger partial charge in [0.15, 0.2) is 5.82 Å². The van der Waals surface area contributed by atoms with E-state index >= 15 is 8.78 Å². The summed E-state index contributed by atoms with van der Waals surface area (Å²) >= 11 is 7.59. The number of fused-ring (bicyclic) bond motifs is 2. The molecule has 9 nitrogen and oxygen atoms in total. The summed E-state index contributed by atoms with van der Waals surface area (Å²) < 4.78 is 42.2. The molecule has 41 heavy (non-hydrogen) atoms. The molecular weight excluding hydrogens is 574 g/mol. The summed E-state index contributed by atoms with van der Waals surface area (Å²) in [6, 6.07) is 6.16. The molecule has 0 saturated carbocycles. The first-order chi connectivity index (χ1) is 19.4. The molecule has 1 aliphatic rings. The van der Waals surface area contributed by atoms with E-state index in [1.54, 1.807) is 26.8 Å². The third-order valence-corrected chi connectivity index (χ3v) is 8.00. The maximum Gasteiger partial charge on any atom is 0.412 e. The first-order valence-corrected chi connectivity index (χ1v) is 14.0. The van der Waals surface area contributed by atoms with Crippen LogP contribution in [0.3, 0.4) is 0 Å². The summed E-state index contributed by atoms with van der Waals surface area (Å²) in [7, 11) is 1.40. The van der Waals surface area contributed by atoms with Gasteiger partial charge in [0.25, 0.3) is 0 Å². The minimum atomic E-state index is -0.809. The lowest BCUT2D eigenvalue weighted by Crippen LogP contribution is -2.50. The van der Waals surface area contributed by atoms with Crippen molar-refractivity contribution in [2.24, 2.45) is 0 Å². The van der Waals surface area contributed by atoms with Crippen molar-refractivity contribution in [2.75, 3.05) is 37.0 Å². The Labute approximate surface area is 244 Å². The Kier molecular flexibility index (Phi) is 7.63. The highest BCUT2D eigenvalue weighted by atomic mass is 35.5. The van der Waals surface area contributed by atoms with E-state index in [1.807, 2.05) is 17.9 Å². The summed E-state index contributed by atoms with van der Waals surface area (Å²) in [5.74, 6) is -0.935. The molecule has 1 aliphatic heterocycles. The molecule has 5 rings (SSSR count). The number of aromatic nitrogens is 2. The molecule has 1 atom stereocenters. The Morgan fingerprint density at radius 2 is 2.07 bits per heavy atom. The molecule has 2 aromatic carbocycles. The second-order valence-corrected chi connectivity index (χ2v) is 12.0. The van der Waals surface area contributed by atoms with Gasteiger partial charge in [-0.15, -0.1) is 11.3 Å². The predicted octanol–water partition coefficient (Wildman–Crippen LogP) is 6.47. The first kappa shape index (κ1) is 28.7. The van der Waals surface area contributed by atoms with Gasteiger partial charge in [-0.25, -0.2) is 13.6 Å². The Morgan fingerprint density at radius 3 is 2.73 bits per heavy atom. The Bertz CT molecular complexity index is 1730. The number of nitrogens with one attached hydrogen (secondary N) is 2. The number of amides is 1. The summed E-state index contributed by atoms with van der Waals surface area (Å²) in [6.45, 7) is 9.16. The molecule has 2 N–H and O–H groups in total. The lowest BCUT2D eigenvalue weighted by molar-refractivity contribution is 0.0636. The number of halogens is 3. The lowest BCUT2D eigenvalue weighted by atomic mass is 9.97. The smallest absolute Gasteiger partial charge is 0.412 e. The molecule has 1 saturated heterocycles. The van der Waals surface area contributed by atoms with E-state index in [2.05, 4.69) is 20.6 Å². The number of nitriles is 1. The van der Waals surface area contributed by atoms with Gasteiger partial charge in [-0.05, 0) is 45.4 Å². The molecule has 1 amide bonds. The van der Waals surface area contributed by atoms with Crippen molar-refractivity contribution >= 4 is 60.8 Å². The standard InChI is InChI=1S/C28H27ClF2N6O3S/c1-13-12-33-8-9-37(13)24-15-10-17(29)20(21(31)22(15)34-26(35-24)39-5)14-6-7-18(30)23-19(14)16(11-32)25(41-23)36-27(38)40-28(2,3)4/h6-7,10,13,33H,8-9,12H2,1-5H3,(H,36,38). The van der Waals surface area contributed by atoms with Gasteiger partial charge in [-0.3, -0.25) is 5.32 Å². The number of nitrogens with zero attached hydrogens (tertiary/aromatic N) is 4. The number of piperazine rings is 1. The van der Waals surface area contributed by atoms with Gasteiger partial charge in [0.1, 0.15) is 33.8 Å². The zero-order valence-electron chi connectivity index (χ0n) is 23.0. The largest absolute Gasteiger partial charge is 0.467 e. The summed E-state index contributed by atoms with van der Waals surface area (Å²) in [5.41, 5.74) is -0.768. The monoisotopic (exact) mass is 600 g/mol. The van der Waals surface area contributed by atoms with Gasteiger partial charge in [-0.1, -0.05) is 17.7 Å². The van der Waals surface area contributed by atoms with Crippen LogP contribution in [0, 0.1) is 23.0 Å². The van der Waals surface area contributed by atoms with Crippen LogP contribution >= 0.6 is 22.9 Å². The average molecular weight is 601 g/mol. The average Bonchev–Trinajstić information content (AvgIpc) is 3.27. The number of hydrogen-bond donors (Lipinski definition) is 2. The van der Waals surface area contributed by atoms with E-state index in [0.717, 1.165) is 17.9 Å². The van der Waals surface area contributed by atoms with Gasteiger partial charge in [-0.2, -0.15) is 15.2 Å². The van der Waals surface area contributed by atoms with Crippen molar-refractivity contribution in [3.8, 4) is 23.2 Å². The lowest BCUT2D eigenvalue weighted by Gasteiger charge is -2.35. The fraction of sp³-hybridized carbons (Fsp3) is 0.357. The Hall–Kier alpha value is -3.79. The third kappa shape index (κ3) is 5.32. The van der Waals surface area contributed by atoms with E-state index in [1.165, 1.54) is 19.2 Å². The zero-order valence-corrected chi connectivity index (χ0v) is 24.6. The van der Waals surface area contributed by atoms with Crippen LogP contribution in [-0.4, -0.2) is 54.4 Å². The molecule has 214 valence electrons. The SMILES string of the molecule is COc1nc(N2CCNCC2C)c2cc(Cl)c(-c3ccc(F)c4sc(NC(=O)OC(C)(C)C)c(C#N)c34)c(F)c2n1. The van der Waals surface area contributed by atoms with Crippen LogP contribution < -0.4 is 20.3 Å². The Morgan fingerprint density at radius 1 is 1.32 bits per heavy atom. The second-order valence-electron chi connectivity index (χ2n) is 10.6. The molecule has 0 bridgehead atoms. The third-order valence-electron chi connectivity index (χ3n) is 6.58. The van der Waals surface area contributed by atoms with Crippen LogP contribution in [0.25, 0.3) is 32.1 Å².